The highest BCUT2D eigenvalue weighted by Gasteiger charge is 2.25. The summed E-state index contributed by atoms with van der Waals surface area (Å²) in [6.07, 6.45) is 3.21. The number of hydrogen-bond donors (Lipinski definition) is 2. The smallest absolute Gasteiger partial charge is 0.317 e. The Labute approximate surface area is 129 Å². The third-order valence-electron chi connectivity index (χ3n) is 3.44. The van der Waals surface area contributed by atoms with Crippen molar-refractivity contribution < 1.29 is 14.7 Å². The minimum absolute atomic E-state index is 0.108. The van der Waals surface area contributed by atoms with Crippen molar-refractivity contribution in [3.05, 3.63) is 0 Å². The molecule has 0 aromatic heterocycles. The molecule has 1 unspecified atom stereocenters. The van der Waals surface area contributed by atoms with Crippen molar-refractivity contribution in [1.29, 1.82) is 0 Å². The van der Waals surface area contributed by atoms with Crippen molar-refractivity contribution >= 4 is 11.9 Å². The van der Waals surface area contributed by atoms with Gasteiger partial charge in [-0.3, -0.25) is 14.5 Å². The highest BCUT2D eigenvalue weighted by atomic mass is 16.4. The van der Waals surface area contributed by atoms with Gasteiger partial charge in [0.2, 0.25) is 5.91 Å². The van der Waals surface area contributed by atoms with Gasteiger partial charge in [0.05, 0.1) is 13.1 Å². The zero-order valence-electron chi connectivity index (χ0n) is 14.4. The highest BCUT2D eigenvalue weighted by Crippen LogP contribution is 2.12. The van der Waals surface area contributed by atoms with Crippen LogP contribution < -0.4 is 5.32 Å². The molecule has 0 heterocycles. The second-order valence-corrected chi connectivity index (χ2v) is 7.21. The summed E-state index contributed by atoms with van der Waals surface area (Å²) in [5, 5.41) is 11.9. The molecule has 124 valence electrons. The molecule has 2 N–H and O–H groups in total. The van der Waals surface area contributed by atoms with Gasteiger partial charge in [0.15, 0.2) is 0 Å². The van der Waals surface area contributed by atoms with Crippen molar-refractivity contribution in [1.82, 2.24) is 10.2 Å². The average molecular weight is 300 g/mol. The van der Waals surface area contributed by atoms with Crippen LogP contribution in [-0.4, -0.2) is 46.6 Å². The first-order valence-corrected chi connectivity index (χ1v) is 7.78. The topological polar surface area (TPSA) is 69.6 Å². The molecule has 1 atom stereocenters. The molecule has 0 saturated carbocycles. The molecule has 0 rings (SSSR count). The maximum Gasteiger partial charge on any atom is 0.317 e. The lowest BCUT2D eigenvalue weighted by atomic mass is 10.0. The molecule has 0 radical (unpaired) electrons. The summed E-state index contributed by atoms with van der Waals surface area (Å²) in [5.41, 5.74) is -0.351. The molecule has 1 amide bonds. The molecule has 0 aliphatic rings. The van der Waals surface area contributed by atoms with Crippen molar-refractivity contribution in [2.24, 2.45) is 5.92 Å². The number of nitrogens with zero attached hydrogens (tertiary/aromatic N) is 1. The second kappa shape index (κ2) is 9.03. The van der Waals surface area contributed by atoms with Crippen LogP contribution in [0.25, 0.3) is 0 Å². The molecule has 0 aromatic carbocycles. The van der Waals surface area contributed by atoms with Crippen molar-refractivity contribution in [3.63, 3.8) is 0 Å². The number of carbonyl (C=O) groups is 2. The van der Waals surface area contributed by atoms with Crippen LogP contribution in [0.5, 0.6) is 0 Å². The zero-order valence-corrected chi connectivity index (χ0v) is 14.4. The van der Waals surface area contributed by atoms with Gasteiger partial charge >= 0.3 is 5.97 Å². The SMILES string of the molecule is CC(C)CCCC(C)NC(=O)CN(CC(=O)O)C(C)(C)C. The van der Waals surface area contributed by atoms with Gasteiger partial charge in [-0.25, -0.2) is 0 Å². The van der Waals surface area contributed by atoms with Crippen molar-refractivity contribution in [3.8, 4) is 0 Å². The Hall–Kier alpha value is -1.10. The van der Waals surface area contributed by atoms with E-state index in [2.05, 4.69) is 19.2 Å². The van der Waals surface area contributed by atoms with Crippen LogP contribution in [0.4, 0.5) is 0 Å². The van der Waals surface area contributed by atoms with Crippen LogP contribution in [-0.2, 0) is 9.59 Å². The van der Waals surface area contributed by atoms with E-state index in [4.69, 9.17) is 5.11 Å². The molecule has 0 aliphatic carbocycles. The molecule has 5 nitrogen and oxygen atoms in total. The van der Waals surface area contributed by atoms with Gasteiger partial charge in [0.25, 0.3) is 0 Å². The number of hydrogen-bond acceptors (Lipinski definition) is 3. The van der Waals surface area contributed by atoms with Crippen LogP contribution in [0.1, 0.15) is 60.8 Å². The summed E-state index contributed by atoms with van der Waals surface area (Å²) in [6.45, 7) is 12.1. The normalized spacial score (nSPS) is 13.5. The Morgan fingerprint density at radius 2 is 1.67 bits per heavy atom. The molecule has 0 spiro atoms. The van der Waals surface area contributed by atoms with E-state index >= 15 is 0 Å². The van der Waals surface area contributed by atoms with Crippen LogP contribution in [0.3, 0.4) is 0 Å². The highest BCUT2D eigenvalue weighted by molar-refractivity contribution is 5.79. The Bertz CT molecular complexity index is 335. The van der Waals surface area contributed by atoms with Gasteiger partial charge in [-0.2, -0.15) is 0 Å². The molecular weight excluding hydrogens is 268 g/mol. The number of aliphatic carboxylic acids is 1. The summed E-state index contributed by atoms with van der Waals surface area (Å²) in [5.74, 6) is -0.342. The maximum absolute atomic E-state index is 12.0. The fraction of sp³-hybridized carbons (Fsp3) is 0.875. The third-order valence-corrected chi connectivity index (χ3v) is 3.44. The van der Waals surface area contributed by atoms with Crippen LogP contribution >= 0.6 is 0 Å². The molecule has 0 fully saturated rings. The van der Waals surface area contributed by atoms with Gasteiger partial charge in [-0.15, -0.1) is 0 Å². The van der Waals surface area contributed by atoms with Gasteiger partial charge in [0, 0.05) is 11.6 Å². The summed E-state index contributed by atoms with van der Waals surface area (Å²) < 4.78 is 0. The zero-order chi connectivity index (χ0) is 16.6. The van der Waals surface area contributed by atoms with E-state index < -0.39 is 5.97 Å². The molecule has 0 bridgehead atoms. The molecule has 21 heavy (non-hydrogen) atoms. The summed E-state index contributed by atoms with van der Waals surface area (Å²) in [6, 6.07) is 0.128. The number of rotatable bonds is 9. The van der Waals surface area contributed by atoms with Crippen LogP contribution in [0, 0.1) is 5.92 Å². The fourth-order valence-electron chi connectivity index (χ4n) is 2.09. The summed E-state index contributed by atoms with van der Waals surface area (Å²) in [4.78, 5) is 24.6. The number of nitrogens with one attached hydrogen (secondary N) is 1. The molecular formula is C16H32N2O3. The number of carboxylic acids is 1. The summed E-state index contributed by atoms with van der Waals surface area (Å²) in [7, 11) is 0. The average Bonchev–Trinajstić information content (AvgIpc) is 2.25. The molecule has 0 aromatic rings. The first-order chi connectivity index (χ1) is 9.52. The first kappa shape index (κ1) is 19.9. The Morgan fingerprint density at radius 1 is 1.10 bits per heavy atom. The Balaban J connectivity index is 4.27. The minimum Gasteiger partial charge on any atom is -0.480 e. The number of carbonyl (C=O) groups excluding carboxylic acids is 1. The molecule has 5 heteroatoms. The van der Waals surface area contributed by atoms with E-state index in [0.29, 0.717) is 5.92 Å². The fourth-order valence-corrected chi connectivity index (χ4v) is 2.09. The maximum atomic E-state index is 12.0. The standard InChI is InChI=1S/C16H32N2O3/c1-12(2)8-7-9-13(3)17-14(19)10-18(11-15(20)21)16(4,5)6/h12-13H,7-11H2,1-6H3,(H,17,19)(H,20,21). The minimum atomic E-state index is -0.914. The quantitative estimate of drug-likeness (QED) is 0.686. The number of carboxylic acid groups (broad SMARTS) is 1. The van der Waals surface area contributed by atoms with E-state index in [-0.39, 0.29) is 30.6 Å². The van der Waals surface area contributed by atoms with Gasteiger partial charge in [-0.05, 0) is 40.0 Å². The van der Waals surface area contributed by atoms with Crippen molar-refractivity contribution in [2.45, 2.75) is 72.4 Å². The van der Waals surface area contributed by atoms with E-state index in [9.17, 15) is 9.59 Å². The Morgan fingerprint density at radius 3 is 2.10 bits per heavy atom. The molecule has 0 aliphatic heterocycles. The lowest BCUT2D eigenvalue weighted by molar-refractivity contribution is -0.140. The van der Waals surface area contributed by atoms with E-state index in [1.165, 1.54) is 0 Å². The lowest BCUT2D eigenvalue weighted by Crippen LogP contribution is -2.50. The largest absolute Gasteiger partial charge is 0.480 e. The van der Waals surface area contributed by atoms with Crippen LogP contribution in [0.2, 0.25) is 0 Å². The number of amides is 1. The predicted octanol–water partition coefficient (Wildman–Crippen LogP) is 2.50. The van der Waals surface area contributed by atoms with E-state index in [0.717, 1.165) is 19.3 Å². The van der Waals surface area contributed by atoms with Crippen LogP contribution in [0.15, 0.2) is 0 Å². The Kier molecular flexibility index (Phi) is 8.55. The predicted molar refractivity (Wildman–Crippen MR) is 85.3 cm³/mol. The lowest BCUT2D eigenvalue weighted by Gasteiger charge is -2.34. The second-order valence-electron chi connectivity index (χ2n) is 7.21. The van der Waals surface area contributed by atoms with Gasteiger partial charge in [0.1, 0.15) is 0 Å². The molecule has 0 saturated heterocycles. The van der Waals surface area contributed by atoms with Crippen molar-refractivity contribution in [2.75, 3.05) is 13.1 Å². The van der Waals surface area contributed by atoms with E-state index in [1.54, 1.807) is 4.90 Å². The monoisotopic (exact) mass is 300 g/mol. The van der Waals surface area contributed by atoms with Gasteiger partial charge in [-0.1, -0.05) is 26.7 Å². The first-order valence-electron chi connectivity index (χ1n) is 7.78. The third kappa shape index (κ3) is 10.3. The summed E-state index contributed by atoms with van der Waals surface area (Å²) >= 11 is 0. The van der Waals surface area contributed by atoms with E-state index in [1.807, 2.05) is 27.7 Å². The van der Waals surface area contributed by atoms with Gasteiger partial charge < -0.3 is 10.4 Å².